The fraction of sp³-hybridized carbons (Fsp3) is 0.462. The first-order valence-corrected chi connectivity index (χ1v) is 7.13. The van der Waals surface area contributed by atoms with Gasteiger partial charge in [0.2, 0.25) is 0 Å². The van der Waals surface area contributed by atoms with E-state index >= 15 is 0 Å². The summed E-state index contributed by atoms with van der Waals surface area (Å²) in [5.74, 6) is -1.16. The molecule has 0 bridgehead atoms. The molecular weight excluding hydrogens is 328 g/mol. The van der Waals surface area contributed by atoms with Crippen molar-refractivity contribution >= 4 is 33.3 Å². The average Bonchev–Trinajstić information content (AvgIpc) is 2.38. The molecule has 1 fully saturated rings. The van der Waals surface area contributed by atoms with E-state index < -0.39 is 10.9 Å². The molecule has 1 aromatic rings. The van der Waals surface area contributed by atoms with Crippen LogP contribution in [0.4, 0.5) is 11.4 Å². The lowest BCUT2D eigenvalue weighted by molar-refractivity contribution is -0.384. The summed E-state index contributed by atoms with van der Waals surface area (Å²) in [5.41, 5.74) is 0.592. The van der Waals surface area contributed by atoms with Gasteiger partial charge in [-0.15, -0.1) is 0 Å². The van der Waals surface area contributed by atoms with Crippen molar-refractivity contribution in [3.8, 4) is 0 Å². The summed E-state index contributed by atoms with van der Waals surface area (Å²) in [4.78, 5) is 23.7. The Morgan fingerprint density at radius 1 is 1.55 bits per heavy atom. The Kier molecular flexibility index (Phi) is 4.27. The number of halogens is 1. The highest BCUT2D eigenvalue weighted by molar-refractivity contribution is 9.10. The van der Waals surface area contributed by atoms with E-state index in [1.54, 1.807) is 12.1 Å². The molecule has 0 aromatic heterocycles. The standard InChI is InChI=1S/C13H15BrN2O4/c1-8-6-9(13(17)18)4-5-15(8)11-3-2-10(14)7-12(11)16(19)20/h2-3,7-9H,4-6H2,1H3,(H,17,18). The number of hydrogen-bond acceptors (Lipinski definition) is 4. The second-order valence-electron chi connectivity index (χ2n) is 4.99. The third-order valence-electron chi connectivity index (χ3n) is 3.67. The first-order chi connectivity index (χ1) is 9.40. The number of carboxylic acid groups (broad SMARTS) is 1. The minimum absolute atomic E-state index is 0.0373. The molecule has 1 aromatic carbocycles. The van der Waals surface area contributed by atoms with E-state index in [9.17, 15) is 14.9 Å². The third kappa shape index (κ3) is 2.92. The van der Waals surface area contributed by atoms with Crippen LogP contribution in [0.25, 0.3) is 0 Å². The minimum atomic E-state index is -0.790. The predicted octanol–water partition coefficient (Wildman–Crippen LogP) is 3.05. The normalized spacial score (nSPS) is 22.6. The number of aliphatic carboxylic acids is 1. The zero-order chi connectivity index (χ0) is 14.9. The number of nitro benzene ring substituents is 1. The van der Waals surface area contributed by atoms with Crippen LogP contribution in [0, 0.1) is 16.0 Å². The molecule has 0 radical (unpaired) electrons. The Morgan fingerprint density at radius 3 is 2.80 bits per heavy atom. The first kappa shape index (κ1) is 14.8. The molecular formula is C13H15BrN2O4. The number of carboxylic acids is 1. The van der Waals surface area contributed by atoms with Crippen molar-refractivity contribution < 1.29 is 14.8 Å². The van der Waals surface area contributed by atoms with Gasteiger partial charge in [0.25, 0.3) is 5.69 Å². The number of rotatable bonds is 3. The molecule has 2 unspecified atom stereocenters. The summed E-state index contributed by atoms with van der Waals surface area (Å²) in [6.07, 6.45) is 1.01. The van der Waals surface area contributed by atoms with E-state index in [0.29, 0.717) is 29.5 Å². The highest BCUT2D eigenvalue weighted by atomic mass is 79.9. The van der Waals surface area contributed by atoms with Gasteiger partial charge < -0.3 is 10.0 Å². The van der Waals surface area contributed by atoms with Gasteiger partial charge in [-0.25, -0.2) is 0 Å². The molecule has 1 aliphatic heterocycles. The van der Waals surface area contributed by atoms with E-state index in [-0.39, 0.29) is 17.6 Å². The Morgan fingerprint density at radius 2 is 2.25 bits per heavy atom. The maximum atomic E-state index is 11.2. The largest absolute Gasteiger partial charge is 0.481 e. The van der Waals surface area contributed by atoms with Gasteiger partial charge in [-0.1, -0.05) is 15.9 Å². The summed E-state index contributed by atoms with van der Waals surface area (Å²) < 4.78 is 0.654. The number of anilines is 1. The van der Waals surface area contributed by atoms with E-state index in [2.05, 4.69) is 15.9 Å². The average molecular weight is 343 g/mol. The van der Waals surface area contributed by atoms with Gasteiger partial charge in [0.05, 0.1) is 10.8 Å². The molecule has 2 atom stereocenters. The van der Waals surface area contributed by atoms with Crippen LogP contribution in [-0.2, 0) is 4.79 Å². The van der Waals surface area contributed by atoms with Crippen LogP contribution >= 0.6 is 15.9 Å². The summed E-state index contributed by atoms with van der Waals surface area (Å²) >= 11 is 3.23. The lowest BCUT2D eigenvalue weighted by Crippen LogP contribution is -2.43. The van der Waals surface area contributed by atoms with Gasteiger partial charge in [0, 0.05) is 23.1 Å². The van der Waals surface area contributed by atoms with Crippen molar-refractivity contribution in [2.75, 3.05) is 11.4 Å². The van der Waals surface area contributed by atoms with Crippen LogP contribution in [0.2, 0.25) is 0 Å². The zero-order valence-corrected chi connectivity index (χ0v) is 12.5. The van der Waals surface area contributed by atoms with Crippen LogP contribution in [-0.4, -0.2) is 28.6 Å². The van der Waals surface area contributed by atoms with Crippen molar-refractivity contribution in [1.82, 2.24) is 0 Å². The number of hydrogen-bond donors (Lipinski definition) is 1. The molecule has 1 aliphatic rings. The Hall–Kier alpha value is -1.63. The highest BCUT2D eigenvalue weighted by Gasteiger charge is 2.32. The topological polar surface area (TPSA) is 83.7 Å². The minimum Gasteiger partial charge on any atom is -0.481 e. The van der Waals surface area contributed by atoms with Crippen molar-refractivity contribution in [3.63, 3.8) is 0 Å². The van der Waals surface area contributed by atoms with Crippen molar-refractivity contribution in [1.29, 1.82) is 0 Å². The molecule has 0 aliphatic carbocycles. The lowest BCUT2D eigenvalue weighted by atomic mass is 9.91. The molecule has 108 valence electrons. The molecule has 2 rings (SSSR count). The van der Waals surface area contributed by atoms with Gasteiger partial charge in [0.1, 0.15) is 5.69 Å². The fourth-order valence-electron chi connectivity index (χ4n) is 2.64. The van der Waals surface area contributed by atoms with Gasteiger partial charge >= 0.3 is 5.97 Å². The molecule has 20 heavy (non-hydrogen) atoms. The van der Waals surface area contributed by atoms with E-state index in [4.69, 9.17) is 5.11 Å². The summed E-state index contributed by atoms with van der Waals surface area (Å²) in [7, 11) is 0. The molecule has 0 saturated carbocycles. The molecule has 1 saturated heterocycles. The molecule has 1 heterocycles. The van der Waals surface area contributed by atoms with Crippen LogP contribution in [0.1, 0.15) is 19.8 Å². The molecule has 0 spiro atoms. The Bertz CT molecular complexity index is 549. The zero-order valence-electron chi connectivity index (χ0n) is 11.0. The number of nitrogens with zero attached hydrogens (tertiary/aromatic N) is 2. The molecule has 7 heteroatoms. The summed E-state index contributed by atoms with van der Waals surface area (Å²) in [6.45, 7) is 2.42. The van der Waals surface area contributed by atoms with Crippen LogP contribution in [0.5, 0.6) is 0 Å². The van der Waals surface area contributed by atoms with Crippen molar-refractivity contribution in [2.45, 2.75) is 25.8 Å². The Balaban J connectivity index is 2.29. The fourth-order valence-corrected chi connectivity index (χ4v) is 2.99. The molecule has 0 amide bonds. The number of carbonyl (C=O) groups is 1. The maximum absolute atomic E-state index is 11.2. The highest BCUT2D eigenvalue weighted by Crippen LogP contribution is 2.36. The number of piperidine rings is 1. The van der Waals surface area contributed by atoms with E-state index in [0.717, 1.165) is 0 Å². The smallest absolute Gasteiger partial charge is 0.306 e. The van der Waals surface area contributed by atoms with Crippen molar-refractivity contribution in [2.24, 2.45) is 5.92 Å². The predicted molar refractivity (Wildman–Crippen MR) is 78.0 cm³/mol. The Labute approximate surface area is 124 Å². The van der Waals surface area contributed by atoms with Gasteiger partial charge in [-0.2, -0.15) is 0 Å². The maximum Gasteiger partial charge on any atom is 0.306 e. The van der Waals surface area contributed by atoms with Crippen LogP contribution in [0.15, 0.2) is 22.7 Å². The lowest BCUT2D eigenvalue weighted by Gasteiger charge is -2.37. The monoisotopic (exact) mass is 342 g/mol. The SMILES string of the molecule is CC1CC(C(=O)O)CCN1c1ccc(Br)cc1[N+](=O)[O-]. The summed E-state index contributed by atoms with van der Waals surface area (Å²) in [6, 6.07) is 4.91. The first-order valence-electron chi connectivity index (χ1n) is 6.33. The van der Waals surface area contributed by atoms with Crippen LogP contribution < -0.4 is 4.90 Å². The van der Waals surface area contributed by atoms with Gasteiger partial charge in [-0.3, -0.25) is 14.9 Å². The third-order valence-corrected chi connectivity index (χ3v) is 4.16. The second kappa shape index (κ2) is 5.78. The molecule has 1 N–H and O–H groups in total. The number of nitro groups is 1. The van der Waals surface area contributed by atoms with Crippen LogP contribution in [0.3, 0.4) is 0 Å². The van der Waals surface area contributed by atoms with Gasteiger partial charge in [-0.05, 0) is 31.9 Å². The number of benzene rings is 1. The second-order valence-corrected chi connectivity index (χ2v) is 5.91. The quantitative estimate of drug-likeness (QED) is 0.674. The molecule has 6 nitrogen and oxygen atoms in total. The van der Waals surface area contributed by atoms with E-state index in [1.807, 2.05) is 11.8 Å². The van der Waals surface area contributed by atoms with Gasteiger partial charge in [0.15, 0.2) is 0 Å². The van der Waals surface area contributed by atoms with E-state index in [1.165, 1.54) is 6.07 Å². The summed E-state index contributed by atoms with van der Waals surface area (Å²) in [5, 5.41) is 20.2. The van der Waals surface area contributed by atoms with Crippen molar-refractivity contribution in [3.05, 3.63) is 32.8 Å².